The molecule has 2 heteroatoms. The van der Waals surface area contributed by atoms with Crippen molar-refractivity contribution in [1.29, 1.82) is 0 Å². The van der Waals surface area contributed by atoms with Crippen LogP contribution in [-0.4, -0.2) is 26.3 Å². The van der Waals surface area contributed by atoms with Gasteiger partial charge in [0.25, 0.3) is 0 Å². The van der Waals surface area contributed by atoms with Gasteiger partial charge in [0.05, 0.1) is 6.61 Å². The predicted molar refractivity (Wildman–Crippen MR) is 81.1 cm³/mol. The molecule has 1 atom stereocenters. The maximum Gasteiger partial charge on any atom is 0.0532 e. The van der Waals surface area contributed by atoms with E-state index in [1.54, 1.807) is 0 Å². The summed E-state index contributed by atoms with van der Waals surface area (Å²) in [5.41, 5.74) is 6.31. The smallest absolute Gasteiger partial charge is 0.0532 e. The molecule has 0 aromatic carbocycles. The van der Waals surface area contributed by atoms with Gasteiger partial charge in [0.2, 0.25) is 0 Å². The van der Waals surface area contributed by atoms with Crippen molar-refractivity contribution in [2.24, 2.45) is 5.92 Å². The van der Waals surface area contributed by atoms with Gasteiger partial charge < -0.3 is 10.1 Å². The third-order valence-electron chi connectivity index (χ3n) is 4.16. The first-order valence-electron chi connectivity index (χ1n) is 7.11. The lowest BCUT2D eigenvalue weighted by Gasteiger charge is -2.25. The van der Waals surface area contributed by atoms with Gasteiger partial charge in [-0.2, -0.15) is 0 Å². The SMILES string of the molecule is C=C(C)C(=C)C1=C(CC(=C)C2CCOC2)CCNC1. The molecule has 0 radical (unpaired) electrons. The second-order valence-electron chi connectivity index (χ2n) is 5.66. The Balaban J connectivity index is 2.11. The summed E-state index contributed by atoms with van der Waals surface area (Å²) in [6.07, 6.45) is 3.21. The van der Waals surface area contributed by atoms with Gasteiger partial charge in [-0.3, -0.25) is 0 Å². The Labute approximate surface area is 116 Å². The molecule has 1 saturated heterocycles. The monoisotopic (exact) mass is 259 g/mol. The van der Waals surface area contributed by atoms with Crippen molar-refractivity contribution in [3.05, 3.63) is 47.6 Å². The van der Waals surface area contributed by atoms with Crippen molar-refractivity contribution in [2.45, 2.75) is 26.2 Å². The van der Waals surface area contributed by atoms with Gasteiger partial charge in [0, 0.05) is 19.1 Å². The Hall–Kier alpha value is -1.12. The molecule has 19 heavy (non-hydrogen) atoms. The van der Waals surface area contributed by atoms with Gasteiger partial charge in [0.1, 0.15) is 0 Å². The highest BCUT2D eigenvalue weighted by Gasteiger charge is 2.22. The molecule has 1 fully saturated rings. The largest absolute Gasteiger partial charge is 0.381 e. The third kappa shape index (κ3) is 3.46. The minimum atomic E-state index is 0.543. The highest BCUT2D eigenvalue weighted by Crippen LogP contribution is 2.31. The van der Waals surface area contributed by atoms with Crippen LogP contribution in [-0.2, 0) is 4.74 Å². The van der Waals surface area contributed by atoms with Gasteiger partial charge in [-0.15, -0.1) is 0 Å². The summed E-state index contributed by atoms with van der Waals surface area (Å²) in [6, 6.07) is 0. The molecule has 0 aliphatic carbocycles. The molecule has 0 spiro atoms. The normalized spacial score (nSPS) is 23.5. The summed E-state index contributed by atoms with van der Waals surface area (Å²) in [5.74, 6) is 0.543. The summed E-state index contributed by atoms with van der Waals surface area (Å²) < 4.78 is 5.46. The molecular weight excluding hydrogens is 234 g/mol. The van der Waals surface area contributed by atoms with Crippen LogP contribution in [0.4, 0.5) is 0 Å². The van der Waals surface area contributed by atoms with E-state index in [4.69, 9.17) is 4.74 Å². The van der Waals surface area contributed by atoms with Crippen LogP contribution in [0.3, 0.4) is 0 Å². The van der Waals surface area contributed by atoms with Crippen LogP contribution in [0.5, 0.6) is 0 Å². The molecule has 2 heterocycles. The maximum atomic E-state index is 5.46. The van der Waals surface area contributed by atoms with Gasteiger partial charge in [-0.05, 0) is 43.9 Å². The zero-order chi connectivity index (χ0) is 13.8. The van der Waals surface area contributed by atoms with Crippen molar-refractivity contribution in [1.82, 2.24) is 5.32 Å². The van der Waals surface area contributed by atoms with Gasteiger partial charge in [-0.1, -0.05) is 36.5 Å². The lowest BCUT2D eigenvalue weighted by atomic mass is 9.86. The highest BCUT2D eigenvalue weighted by molar-refractivity contribution is 5.47. The molecule has 0 amide bonds. The van der Waals surface area contributed by atoms with E-state index in [9.17, 15) is 0 Å². The summed E-state index contributed by atoms with van der Waals surface area (Å²) in [6.45, 7) is 18.2. The average Bonchev–Trinajstić information content (AvgIpc) is 2.92. The highest BCUT2D eigenvalue weighted by atomic mass is 16.5. The standard InChI is InChI=1S/C17H25NO/c1-12(2)14(4)17-10-18-7-5-15(17)9-13(3)16-6-8-19-11-16/h16,18H,1,3-11H2,2H3. The van der Waals surface area contributed by atoms with E-state index in [0.717, 1.165) is 56.7 Å². The number of rotatable bonds is 5. The number of nitrogens with one attached hydrogen (secondary N) is 1. The Kier molecular flexibility index (Phi) is 4.78. The first-order valence-corrected chi connectivity index (χ1v) is 7.11. The topological polar surface area (TPSA) is 21.3 Å². The second kappa shape index (κ2) is 6.36. The molecule has 1 unspecified atom stereocenters. The van der Waals surface area contributed by atoms with Crippen molar-refractivity contribution in [3.8, 4) is 0 Å². The fourth-order valence-electron chi connectivity index (χ4n) is 2.78. The van der Waals surface area contributed by atoms with E-state index in [-0.39, 0.29) is 0 Å². The van der Waals surface area contributed by atoms with Crippen LogP contribution in [0, 0.1) is 5.92 Å². The van der Waals surface area contributed by atoms with E-state index in [1.165, 1.54) is 16.7 Å². The minimum Gasteiger partial charge on any atom is -0.381 e. The number of allylic oxidation sites excluding steroid dienone is 1. The zero-order valence-corrected chi connectivity index (χ0v) is 12.1. The van der Waals surface area contributed by atoms with Crippen LogP contribution < -0.4 is 5.32 Å². The Bertz CT molecular complexity index is 425. The lowest BCUT2D eigenvalue weighted by Crippen LogP contribution is -2.26. The fraction of sp³-hybridized carbons (Fsp3) is 0.529. The average molecular weight is 259 g/mol. The molecule has 2 aliphatic rings. The zero-order valence-electron chi connectivity index (χ0n) is 12.1. The molecular formula is C17H25NO. The van der Waals surface area contributed by atoms with Crippen molar-refractivity contribution in [2.75, 3.05) is 26.3 Å². The first kappa shape index (κ1) is 14.3. The molecule has 2 nitrogen and oxygen atoms in total. The first-order chi connectivity index (χ1) is 9.09. The molecule has 0 aromatic rings. The van der Waals surface area contributed by atoms with E-state index < -0.39 is 0 Å². The van der Waals surface area contributed by atoms with E-state index in [1.807, 2.05) is 6.92 Å². The van der Waals surface area contributed by atoms with Crippen molar-refractivity contribution in [3.63, 3.8) is 0 Å². The fourth-order valence-corrected chi connectivity index (χ4v) is 2.78. The summed E-state index contributed by atoms with van der Waals surface area (Å²) in [7, 11) is 0. The maximum absolute atomic E-state index is 5.46. The Morgan fingerprint density at radius 3 is 2.79 bits per heavy atom. The van der Waals surface area contributed by atoms with E-state index >= 15 is 0 Å². The summed E-state index contributed by atoms with van der Waals surface area (Å²) in [5, 5.41) is 3.43. The Morgan fingerprint density at radius 2 is 2.16 bits per heavy atom. The summed E-state index contributed by atoms with van der Waals surface area (Å²) >= 11 is 0. The van der Waals surface area contributed by atoms with Gasteiger partial charge >= 0.3 is 0 Å². The van der Waals surface area contributed by atoms with Crippen LogP contribution in [0.25, 0.3) is 0 Å². The van der Waals surface area contributed by atoms with Crippen LogP contribution in [0.2, 0.25) is 0 Å². The number of hydrogen-bond donors (Lipinski definition) is 1. The molecule has 0 bridgehead atoms. The van der Waals surface area contributed by atoms with Crippen LogP contribution in [0.15, 0.2) is 47.6 Å². The molecule has 2 rings (SSSR count). The Morgan fingerprint density at radius 1 is 1.37 bits per heavy atom. The predicted octanol–water partition coefficient (Wildman–Crippen LogP) is 3.39. The van der Waals surface area contributed by atoms with Crippen molar-refractivity contribution < 1.29 is 4.74 Å². The van der Waals surface area contributed by atoms with Crippen LogP contribution >= 0.6 is 0 Å². The van der Waals surface area contributed by atoms with Crippen molar-refractivity contribution >= 4 is 0 Å². The number of ether oxygens (including phenoxy) is 1. The summed E-state index contributed by atoms with van der Waals surface area (Å²) in [4.78, 5) is 0. The van der Waals surface area contributed by atoms with Gasteiger partial charge in [0.15, 0.2) is 0 Å². The van der Waals surface area contributed by atoms with Crippen LogP contribution in [0.1, 0.15) is 26.2 Å². The number of hydrogen-bond acceptors (Lipinski definition) is 2. The van der Waals surface area contributed by atoms with Gasteiger partial charge in [-0.25, -0.2) is 0 Å². The second-order valence-corrected chi connectivity index (χ2v) is 5.66. The van der Waals surface area contributed by atoms with E-state index in [0.29, 0.717) is 5.92 Å². The molecule has 0 saturated carbocycles. The molecule has 2 aliphatic heterocycles. The molecule has 1 N–H and O–H groups in total. The molecule has 0 aromatic heterocycles. The lowest BCUT2D eigenvalue weighted by molar-refractivity contribution is 0.190. The quantitative estimate of drug-likeness (QED) is 0.603. The minimum absolute atomic E-state index is 0.543. The van der Waals surface area contributed by atoms with E-state index in [2.05, 4.69) is 25.1 Å². The third-order valence-corrected chi connectivity index (χ3v) is 4.16. The molecule has 104 valence electrons.